The molecule has 3 rings (SSSR count). The van der Waals surface area contributed by atoms with Crippen LogP contribution in [0.15, 0.2) is 24.3 Å². The van der Waals surface area contributed by atoms with Gasteiger partial charge in [-0.2, -0.15) is 0 Å². The lowest BCUT2D eigenvalue weighted by atomic mass is 10.2. The molecule has 0 aromatic heterocycles. The average Bonchev–Trinajstić information content (AvgIpc) is 3.44. The normalized spacial score (nSPS) is 19.4. The molecule has 1 aromatic rings. The van der Waals surface area contributed by atoms with Gasteiger partial charge in [-0.15, -0.1) is 0 Å². The lowest BCUT2D eigenvalue weighted by Crippen LogP contribution is -2.52. The molecule has 0 radical (unpaired) electrons. The van der Waals surface area contributed by atoms with E-state index in [1.54, 1.807) is 19.1 Å². The second-order valence-electron chi connectivity index (χ2n) is 6.62. The number of carbonyl (C=O) groups is 2. The quantitative estimate of drug-likeness (QED) is 0.781. The molecular weight excluding hydrogens is 325 g/mol. The van der Waals surface area contributed by atoms with Crippen LogP contribution in [-0.2, 0) is 14.3 Å². The van der Waals surface area contributed by atoms with Crippen LogP contribution in [0.4, 0.5) is 10.1 Å². The number of nitrogens with zero attached hydrogens (tertiary/aromatic N) is 2. The SMILES string of the molecule is CC(C(=O)OCC(=O)NC1CC1)N1CCN(c2ccc(F)cc2)CC1. The summed E-state index contributed by atoms with van der Waals surface area (Å²) in [7, 11) is 0. The molecule has 1 saturated heterocycles. The Kier molecular flexibility index (Phi) is 5.53. The van der Waals surface area contributed by atoms with Crippen LogP contribution in [0.2, 0.25) is 0 Å². The molecule has 1 unspecified atom stereocenters. The van der Waals surface area contributed by atoms with E-state index < -0.39 is 0 Å². The minimum absolute atomic E-state index is 0.213. The van der Waals surface area contributed by atoms with E-state index in [2.05, 4.69) is 10.2 Å². The van der Waals surface area contributed by atoms with E-state index in [1.165, 1.54) is 12.1 Å². The van der Waals surface area contributed by atoms with Gasteiger partial charge in [-0.1, -0.05) is 0 Å². The van der Waals surface area contributed by atoms with Crippen molar-refractivity contribution in [1.29, 1.82) is 0 Å². The number of halogens is 1. The van der Waals surface area contributed by atoms with E-state index in [9.17, 15) is 14.0 Å². The molecule has 2 fully saturated rings. The monoisotopic (exact) mass is 349 g/mol. The first-order valence-electron chi connectivity index (χ1n) is 8.73. The van der Waals surface area contributed by atoms with E-state index >= 15 is 0 Å². The minimum Gasteiger partial charge on any atom is -0.454 e. The number of anilines is 1. The van der Waals surface area contributed by atoms with Gasteiger partial charge < -0.3 is 15.0 Å². The van der Waals surface area contributed by atoms with Crippen molar-refractivity contribution in [3.05, 3.63) is 30.1 Å². The lowest BCUT2D eigenvalue weighted by Gasteiger charge is -2.38. The molecule has 7 heteroatoms. The smallest absolute Gasteiger partial charge is 0.323 e. The summed E-state index contributed by atoms with van der Waals surface area (Å²) in [4.78, 5) is 27.9. The van der Waals surface area contributed by atoms with Crippen molar-refractivity contribution in [3.63, 3.8) is 0 Å². The predicted octanol–water partition coefficient (Wildman–Crippen LogP) is 1.16. The largest absolute Gasteiger partial charge is 0.454 e. The second-order valence-corrected chi connectivity index (χ2v) is 6.62. The van der Waals surface area contributed by atoms with Gasteiger partial charge in [0, 0.05) is 37.9 Å². The third-order valence-electron chi connectivity index (χ3n) is 4.68. The Morgan fingerprint density at radius 1 is 1.20 bits per heavy atom. The number of ether oxygens (including phenoxy) is 1. The van der Waals surface area contributed by atoms with Crippen molar-refractivity contribution in [3.8, 4) is 0 Å². The van der Waals surface area contributed by atoms with Gasteiger partial charge in [0.2, 0.25) is 0 Å². The Balaban J connectivity index is 1.42. The number of nitrogens with one attached hydrogen (secondary N) is 1. The molecule has 1 aromatic carbocycles. The topological polar surface area (TPSA) is 61.9 Å². The fraction of sp³-hybridized carbons (Fsp3) is 0.556. The first kappa shape index (κ1) is 17.7. The van der Waals surface area contributed by atoms with Gasteiger partial charge in [0.1, 0.15) is 11.9 Å². The van der Waals surface area contributed by atoms with Gasteiger partial charge in [-0.05, 0) is 44.0 Å². The van der Waals surface area contributed by atoms with E-state index in [0.29, 0.717) is 13.1 Å². The van der Waals surface area contributed by atoms with Crippen molar-refractivity contribution < 1.29 is 18.7 Å². The van der Waals surface area contributed by atoms with Crippen molar-refractivity contribution in [2.24, 2.45) is 0 Å². The second kappa shape index (κ2) is 7.82. The number of hydrogen-bond acceptors (Lipinski definition) is 5. The van der Waals surface area contributed by atoms with Crippen molar-refractivity contribution in [2.75, 3.05) is 37.7 Å². The number of carbonyl (C=O) groups excluding carboxylic acids is 2. The predicted molar refractivity (Wildman–Crippen MR) is 91.8 cm³/mol. The van der Waals surface area contributed by atoms with Gasteiger partial charge >= 0.3 is 5.97 Å². The van der Waals surface area contributed by atoms with Crippen LogP contribution in [0.5, 0.6) is 0 Å². The summed E-state index contributed by atoms with van der Waals surface area (Å²) in [6.07, 6.45) is 2.02. The molecule has 6 nitrogen and oxygen atoms in total. The van der Waals surface area contributed by atoms with Crippen molar-refractivity contribution in [2.45, 2.75) is 31.8 Å². The molecule has 2 aliphatic rings. The zero-order valence-electron chi connectivity index (χ0n) is 14.4. The fourth-order valence-corrected chi connectivity index (χ4v) is 2.92. The molecule has 0 spiro atoms. The Bertz CT molecular complexity index is 610. The summed E-state index contributed by atoms with van der Waals surface area (Å²) in [6.45, 7) is 4.52. The van der Waals surface area contributed by atoms with Crippen LogP contribution in [-0.4, -0.2) is 61.6 Å². The van der Waals surface area contributed by atoms with Crippen LogP contribution < -0.4 is 10.2 Å². The van der Waals surface area contributed by atoms with Gasteiger partial charge in [-0.25, -0.2) is 4.39 Å². The number of esters is 1. The lowest BCUT2D eigenvalue weighted by molar-refractivity contribution is -0.153. The van der Waals surface area contributed by atoms with Crippen LogP contribution in [0, 0.1) is 5.82 Å². The number of benzene rings is 1. The Morgan fingerprint density at radius 3 is 2.44 bits per heavy atom. The third kappa shape index (κ3) is 4.92. The third-order valence-corrected chi connectivity index (χ3v) is 4.68. The summed E-state index contributed by atoms with van der Waals surface area (Å²) in [6, 6.07) is 6.32. The standard InChI is InChI=1S/C18H24FN3O3/c1-13(18(24)25-12-17(23)20-15-4-5-15)21-8-10-22(11-9-21)16-6-2-14(19)3-7-16/h2-3,6-7,13,15H,4-5,8-12H2,1H3,(H,20,23). The molecule has 1 amide bonds. The molecule has 136 valence electrons. The summed E-state index contributed by atoms with van der Waals surface area (Å²) >= 11 is 0. The Hall–Kier alpha value is -2.15. The summed E-state index contributed by atoms with van der Waals surface area (Å²) in [5.74, 6) is -0.852. The highest BCUT2D eigenvalue weighted by atomic mass is 19.1. The summed E-state index contributed by atoms with van der Waals surface area (Å²) in [5, 5.41) is 2.79. The molecule has 25 heavy (non-hydrogen) atoms. The highest BCUT2D eigenvalue weighted by Gasteiger charge is 2.28. The van der Waals surface area contributed by atoms with Gasteiger partial charge in [0.15, 0.2) is 6.61 Å². The first-order valence-corrected chi connectivity index (χ1v) is 8.73. The van der Waals surface area contributed by atoms with Gasteiger partial charge in [-0.3, -0.25) is 14.5 Å². The van der Waals surface area contributed by atoms with Crippen LogP contribution in [0.1, 0.15) is 19.8 Å². The highest BCUT2D eigenvalue weighted by Crippen LogP contribution is 2.19. The van der Waals surface area contributed by atoms with Crippen LogP contribution in [0.25, 0.3) is 0 Å². The summed E-state index contributed by atoms with van der Waals surface area (Å²) < 4.78 is 18.1. The number of hydrogen-bond donors (Lipinski definition) is 1. The van der Waals surface area contributed by atoms with E-state index in [4.69, 9.17) is 4.74 Å². The van der Waals surface area contributed by atoms with Gasteiger partial charge in [0.25, 0.3) is 5.91 Å². The zero-order chi connectivity index (χ0) is 17.8. The molecule has 0 bridgehead atoms. The van der Waals surface area contributed by atoms with E-state index in [1.807, 2.05) is 4.90 Å². The molecular formula is C18H24FN3O3. The number of rotatable bonds is 6. The molecule has 1 heterocycles. The summed E-state index contributed by atoms with van der Waals surface area (Å²) in [5.41, 5.74) is 0.980. The first-order chi connectivity index (χ1) is 12.0. The Labute approximate surface area is 146 Å². The maximum atomic E-state index is 13.0. The van der Waals surface area contributed by atoms with Crippen LogP contribution in [0.3, 0.4) is 0 Å². The number of piperazine rings is 1. The molecule has 1 aliphatic carbocycles. The highest BCUT2D eigenvalue weighted by molar-refractivity contribution is 5.82. The fourth-order valence-electron chi connectivity index (χ4n) is 2.92. The van der Waals surface area contributed by atoms with Crippen LogP contribution >= 0.6 is 0 Å². The maximum absolute atomic E-state index is 13.0. The Morgan fingerprint density at radius 2 is 1.84 bits per heavy atom. The molecule has 1 N–H and O–H groups in total. The molecule has 1 saturated carbocycles. The zero-order valence-corrected chi connectivity index (χ0v) is 14.4. The van der Waals surface area contributed by atoms with E-state index in [0.717, 1.165) is 31.6 Å². The maximum Gasteiger partial charge on any atom is 0.323 e. The van der Waals surface area contributed by atoms with Crippen molar-refractivity contribution >= 4 is 17.6 Å². The molecule has 1 atom stereocenters. The average molecular weight is 349 g/mol. The van der Waals surface area contributed by atoms with Crippen molar-refractivity contribution in [1.82, 2.24) is 10.2 Å². The molecule has 1 aliphatic heterocycles. The minimum atomic E-state index is -0.385. The number of amides is 1. The van der Waals surface area contributed by atoms with E-state index in [-0.39, 0.29) is 36.4 Å². The van der Waals surface area contributed by atoms with Gasteiger partial charge in [0.05, 0.1) is 0 Å².